The molecule has 5 heteroatoms. The van der Waals surface area contributed by atoms with Gasteiger partial charge in [-0.1, -0.05) is 48.5 Å². The number of aliphatic carboxylic acids is 1. The molecule has 0 amide bonds. The summed E-state index contributed by atoms with van der Waals surface area (Å²) in [4.78, 5) is 20.1. The summed E-state index contributed by atoms with van der Waals surface area (Å²) < 4.78 is 0. The molecular formula is C21H23N3O2. The van der Waals surface area contributed by atoms with Gasteiger partial charge in [0.2, 0.25) is 0 Å². The predicted molar refractivity (Wildman–Crippen MR) is 103 cm³/mol. The van der Waals surface area contributed by atoms with Crippen LogP contribution in [0.5, 0.6) is 0 Å². The second kappa shape index (κ2) is 6.94. The van der Waals surface area contributed by atoms with Crippen LogP contribution in [0.4, 0.5) is 0 Å². The van der Waals surface area contributed by atoms with Crippen molar-refractivity contribution in [3.63, 3.8) is 0 Å². The summed E-state index contributed by atoms with van der Waals surface area (Å²) in [7, 11) is 2.08. The van der Waals surface area contributed by atoms with Crippen LogP contribution in [0.2, 0.25) is 0 Å². The van der Waals surface area contributed by atoms with E-state index in [9.17, 15) is 9.90 Å². The third-order valence-corrected chi connectivity index (χ3v) is 5.22. The van der Waals surface area contributed by atoms with E-state index in [0.717, 1.165) is 53.9 Å². The van der Waals surface area contributed by atoms with Gasteiger partial charge in [0.05, 0.1) is 5.69 Å². The van der Waals surface area contributed by atoms with Crippen molar-refractivity contribution >= 4 is 16.9 Å². The molecule has 134 valence electrons. The summed E-state index contributed by atoms with van der Waals surface area (Å²) in [5.41, 5.74) is 3.75. The Kier molecular flexibility index (Phi) is 4.49. The Morgan fingerprint density at radius 1 is 1.00 bits per heavy atom. The number of aromatic amines is 1. The van der Waals surface area contributed by atoms with Crippen LogP contribution < -0.4 is 0 Å². The number of H-pyrrole nitrogens is 1. The number of piperazine rings is 1. The molecule has 0 bridgehead atoms. The van der Waals surface area contributed by atoms with Crippen molar-refractivity contribution in [3.8, 4) is 11.3 Å². The summed E-state index contributed by atoms with van der Waals surface area (Å²) in [6.07, 6.45) is 0. The van der Waals surface area contributed by atoms with Crippen molar-refractivity contribution in [3.05, 3.63) is 60.2 Å². The zero-order valence-electron chi connectivity index (χ0n) is 14.9. The molecule has 1 atom stereocenters. The molecule has 3 aromatic rings. The Morgan fingerprint density at radius 3 is 2.35 bits per heavy atom. The Morgan fingerprint density at radius 2 is 1.65 bits per heavy atom. The molecule has 0 spiro atoms. The summed E-state index contributed by atoms with van der Waals surface area (Å²) >= 11 is 0. The third kappa shape index (κ3) is 3.00. The van der Waals surface area contributed by atoms with Crippen molar-refractivity contribution in [1.29, 1.82) is 0 Å². The highest BCUT2D eigenvalue weighted by atomic mass is 16.4. The number of carbonyl (C=O) groups is 1. The lowest BCUT2D eigenvalue weighted by Crippen LogP contribution is -2.47. The maximum Gasteiger partial charge on any atom is 0.325 e. The monoisotopic (exact) mass is 349 g/mol. The minimum Gasteiger partial charge on any atom is -0.480 e. The van der Waals surface area contributed by atoms with Gasteiger partial charge in [0.25, 0.3) is 0 Å². The highest BCUT2D eigenvalue weighted by molar-refractivity contribution is 5.95. The minimum atomic E-state index is -0.795. The van der Waals surface area contributed by atoms with E-state index in [1.165, 1.54) is 0 Å². The van der Waals surface area contributed by atoms with Gasteiger partial charge in [-0.05, 0) is 18.7 Å². The molecule has 1 fully saturated rings. The van der Waals surface area contributed by atoms with Gasteiger partial charge >= 0.3 is 5.97 Å². The number of carboxylic acids is 1. The van der Waals surface area contributed by atoms with Crippen LogP contribution in [0.25, 0.3) is 22.2 Å². The molecule has 1 aliphatic heterocycles. The number of benzene rings is 2. The summed E-state index contributed by atoms with van der Waals surface area (Å²) in [5.74, 6) is -0.795. The van der Waals surface area contributed by atoms with E-state index in [2.05, 4.69) is 21.8 Å². The van der Waals surface area contributed by atoms with Gasteiger partial charge in [0.1, 0.15) is 6.04 Å². The van der Waals surface area contributed by atoms with Gasteiger partial charge < -0.3 is 15.0 Å². The zero-order chi connectivity index (χ0) is 18.1. The number of carboxylic acid groups (broad SMARTS) is 1. The molecule has 0 saturated carbocycles. The molecule has 1 aliphatic rings. The SMILES string of the molecule is CN1CCN([C@@H](C(=O)O)c2c(-c3ccccc3)[nH]c3ccccc23)CC1. The van der Waals surface area contributed by atoms with Crippen LogP contribution in [0.15, 0.2) is 54.6 Å². The Bertz CT molecular complexity index is 911. The van der Waals surface area contributed by atoms with E-state index in [0.29, 0.717) is 0 Å². The van der Waals surface area contributed by atoms with Gasteiger partial charge in [-0.25, -0.2) is 0 Å². The summed E-state index contributed by atoms with van der Waals surface area (Å²) in [6, 6.07) is 17.3. The van der Waals surface area contributed by atoms with Crippen molar-refractivity contribution in [2.75, 3.05) is 33.2 Å². The second-order valence-electron chi connectivity index (χ2n) is 6.91. The first-order valence-corrected chi connectivity index (χ1v) is 8.96. The van der Waals surface area contributed by atoms with Crippen LogP contribution in [0.1, 0.15) is 11.6 Å². The number of para-hydroxylation sites is 1. The first-order valence-electron chi connectivity index (χ1n) is 8.96. The third-order valence-electron chi connectivity index (χ3n) is 5.22. The van der Waals surface area contributed by atoms with Crippen LogP contribution in [-0.4, -0.2) is 59.1 Å². The zero-order valence-corrected chi connectivity index (χ0v) is 14.9. The van der Waals surface area contributed by atoms with Crippen molar-refractivity contribution in [1.82, 2.24) is 14.8 Å². The van der Waals surface area contributed by atoms with Gasteiger partial charge in [-0.15, -0.1) is 0 Å². The number of nitrogens with zero attached hydrogens (tertiary/aromatic N) is 2. The lowest BCUT2D eigenvalue weighted by Gasteiger charge is -2.36. The van der Waals surface area contributed by atoms with Gasteiger partial charge in [-0.2, -0.15) is 0 Å². The quantitative estimate of drug-likeness (QED) is 0.759. The van der Waals surface area contributed by atoms with E-state index in [-0.39, 0.29) is 0 Å². The lowest BCUT2D eigenvalue weighted by atomic mass is 9.97. The Labute approximate surface area is 152 Å². The summed E-state index contributed by atoms with van der Waals surface area (Å²) in [5, 5.41) is 11.1. The molecule has 0 aliphatic carbocycles. The fourth-order valence-corrected chi connectivity index (χ4v) is 3.82. The first kappa shape index (κ1) is 16.8. The van der Waals surface area contributed by atoms with E-state index in [1.807, 2.05) is 54.6 Å². The number of hydrogen-bond acceptors (Lipinski definition) is 3. The first-order chi connectivity index (χ1) is 12.6. The molecular weight excluding hydrogens is 326 g/mol. The molecule has 2 heterocycles. The molecule has 26 heavy (non-hydrogen) atoms. The standard InChI is InChI=1S/C21H23N3O2/c1-23-11-13-24(14-12-23)20(21(25)26)18-16-9-5-6-10-17(16)22-19(18)15-7-3-2-4-8-15/h2-10,20,22H,11-14H2,1H3,(H,25,26)/t20-/m1/s1. The summed E-state index contributed by atoms with van der Waals surface area (Å²) in [6.45, 7) is 3.27. The molecule has 2 aromatic carbocycles. The van der Waals surface area contributed by atoms with Gasteiger partial charge in [0.15, 0.2) is 0 Å². The Balaban J connectivity index is 1.88. The van der Waals surface area contributed by atoms with Crippen LogP contribution in [-0.2, 0) is 4.79 Å². The smallest absolute Gasteiger partial charge is 0.325 e. The lowest BCUT2D eigenvalue weighted by molar-refractivity contribution is -0.144. The van der Waals surface area contributed by atoms with Crippen molar-refractivity contribution in [2.24, 2.45) is 0 Å². The van der Waals surface area contributed by atoms with Crippen molar-refractivity contribution in [2.45, 2.75) is 6.04 Å². The van der Waals surface area contributed by atoms with E-state index in [4.69, 9.17) is 0 Å². The molecule has 1 aromatic heterocycles. The Hall–Kier alpha value is -2.63. The maximum atomic E-state index is 12.3. The van der Waals surface area contributed by atoms with Gasteiger partial charge in [0, 0.05) is 42.6 Å². The molecule has 2 N–H and O–H groups in total. The highest BCUT2D eigenvalue weighted by Gasteiger charge is 2.34. The number of nitrogens with one attached hydrogen (secondary N) is 1. The average molecular weight is 349 g/mol. The van der Waals surface area contributed by atoms with Gasteiger partial charge in [-0.3, -0.25) is 9.69 Å². The van der Waals surface area contributed by atoms with Crippen LogP contribution in [0.3, 0.4) is 0 Å². The maximum absolute atomic E-state index is 12.3. The predicted octanol–water partition coefficient (Wildman–Crippen LogP) is 3.21. The number of likely N-dealkylation sites (N-methyl/N-ethyl adjacent to an activating group) is 1. The molecule has 5 nitrogen and oxygen atoms in total. The molecule has 1 saturated heterocycles. The fraction of sp³-hybridized carbons (Fsp3) is 0.286. The average Bonchev–Trinajstić information content (AvgIpc) is 3.03. The normalized spacial score (nSPS) is 17.4. The van der Waals surface area contributed by atoms with E-state index in [1.54, 1.807) is 0 Å². The number of aromatic nitrogens is 1. The van der Waals surface area contributed by atoms with E-state index < -0.39 is 12.0 Å². The topological polar surface area (TPSA) is 59.6 Å². The van der Waals surface area contributed by atoms with E-state index >= 15 is 0 Å². The largest absolute Gasteiger partial charge is 0.480 e. The highest BCUT2D eigenvalue weighted by Crippen LogP contribution is 2.37. The molecule has 4 rings (SSSR count). The number of hydrogen-bond donors (Lipinski definition) is 2. The number of fused-ring (bicyclic) bond motifs is 1. The fourth-order valence-electron chi connectivity index (χ4n) is 3.82. The molecule has 0 radical (unpaired) electrons. The van der Waals surface area contributed by atoms with Crippen molar-refractivity contribution < 1.29 is 9.90 Å². The second-order valence-corrected chi connectivity index (χ2v) is 6.91. The minimum absolute atomic E-state index is 0.657. The molecule has 0 unspecified atom stereocenters. The van der Waals surface area contributed by atoms with Crippen LogP contribution >= 0.6 is 0 Å². The van der Waals surface area contributed by atoms with Crippen LogP contribution in [0, 0.1) is 0 Å². The number of rotatable bonds is 4.